The van der Waals surface area contributed by atoms with Crippen molar-refractivity contribution in [3.8, 4) is 17.0 Å². The van der Waals surface area contributed by atoms with Crippen LogP contribution in [-0.4, -0.2) is 41.2 Å². The third-order valence-corrected chi connectivity index (χ3v) is 7.51. The monoisotopic (exact) mass is 416 g/mol. The lowest BCUT2D eigenvalue weighted by atomic mass is 9.72. The zero-order chi connectivity index (χ0) is 21.5. The van der Waals surface area contributed by atoms with Crippen LogP contribution in [0.4, 0.5) is 0 Å². The molecule has 4 heterocycles. The SMILES string of the molecule is CC[C@H]1CN2CC[C@@H]1C[C@H]2[C@H](O)c1cc(-c2cccc(C)c2)nc2ccc(OC)cc12. The van der Waals surface area contributed by atoms with Crippen molar-refractivity contribution in [3.63, 3.8) is 0 Å². The van der Waals surface area contributed by atoms with Crippen molar-refractivity contribution in [1.29, 1.82) is 0 Å². The number of hydrogen-bond acceptors (Lipinski definition) is 4. The first-order valence-electron chi connectivity index (χ1n) is 11.5. The molecule has 2 aromatic carbocycles. The fourth-order valence-electron chi connectivity index (χ4n) is 5.73. The van der Waals surface area contributed by atoms with Gasteiger partial charge in [0.1, 0.15) is 5.75 Å². The quantitative estimate of drug-likeness (QED) is 0.607. The van der Waals surface area contributed by atoms with Gasteiger partial charge in [0, 0.05) is 23.5 Å². The summed E-state index contributed by atoms with van der Waals surface area (Å²) < 4.78 is 5.49. The van der Waals surface area contributed by atoms with Crippen LogP contribution in [0, 0.1) is 18.8 Å². The van der Waals surface area contributed by atoms with E-state index in [0.717, 1.165) is 64.8 Å². The van der Waals surface area contributed by atoms with Gasteiger partial charge in [0.15, 0.2) is 0 Å². The van der Waals surface area contributed by atoms with Crippen LogP contribution in [0.3, 0.4) is 0 Å². The molecule has 0 amide bonds. The Morgan fingerprint density at radius 3 is 2.77 bits per heavy atom. The highest BCUT2D eigenvalue weighted by atomic mass is 16.5. The van der Waals surface area contributed by atoms with Gasteiger partial charge in [-0.2, -0.15) is 0 Å². The zero-order valence-electron chi connectivity index (χ0n) is 18.7. The van der Waals surface area contributed by atoms with Crippen LogP contribution < -0.4 is 4.74 Å². The Bertz CT molecular complexity index is 1100. The molecule has 3 saturated heterocycles. The summed E-state index contributed by atoms with van der Waals surface area (Å²) in [5.74, 6) is 2.30. The number of pyridine rings is 1. The van der Waals surface area contributed by atoms with Crippen molar-refractivity contribution in [2.75, 3.05) is 20.2 Å². The molecule has 6 rings (SSSR count). The molecule has 4 heteroatoms. The number of hydrogen-bond donors (Lipinski definition) is 1. The van der Waals surface area contributed by atoms with Crippen LogP contribution >= 0.6 is 0 Å². The highest BCUT2D eigenvalue weighted by Gasteiger charge is 2.42. The number of piperidine rings is 3. The van der Waals surface area contributed by atoms with E-state index < -0.39 is 6.10 Å². The molecule has 1 aromatic heterocycles. The van der Waals surface area contributed by atoms with E-state index in [-0.39, 0.29) is 6.04 Å². The number of fused-ring (bicyclic) bond motifs is 4. The highest BCUT2D eigenvalue weighted by molar-refractivity contribution is 5.87. The molecule has 3 aromatic rings. The first-order chi connectivity index (χ1) is 15.1. The van der Waals surface area contributed by atoms with E-state index in [1.807, 2.05) is 18.2 Å². The number of aryl methyl sites for hydroxylation is 1. The molecule has 3 fully saturated rings. The molecule has 0 spiro atoms. The van der Waals surface area contributed by atoms with Gasteiger partial charge in [0.25, 0.3) is 0 Å². The van der Waals surface area contributed by atoms with Crippen molar-refractivity contribution in [1.82, 2.24) is 9.88 Å². The van der Waals surface area contributed by atoms with Crippen LogP contribution in [-0.2, 0) is 0 Å². The Balaban J connectivity index is 1.60. The van der Waals surface area contributed by atoms with Gasteiger partial charge in [-0.25, -0.2) is 4.98 Å². The third kappa shape index (κ3) is 3.72. The van der Waals surface area contributed by atoms with Gasteiger partial charge in [-0.3, -0.25) is 4.90 Å². The predicted molar refractivity (Wildman–Crippen MR) is 125 cm³/mol. The molecule has 162 valence electrons. The van der Waals surface area contributed by atoms with E-state index in [2.05, 4.69) is 49.1 Å². The molecular weight excluding hydrogens is 384 g/mol. The van der Waals surface area contributed by atoms with Crippen molar-refractivity contribution in [2.24, 2.45) is 11.8 Å². The van der Waals surface area contributed by atoms with E-state index in [9.17, 15) is 5.11 Å². The van der Waals surface area contributed by atoms with Crippen molar-refractivity contribution in [3.05, 3.63) is 59.7 Å². The number of rotatable bonds is 5. The Morgan fingerprint density at radius 1 is 1.19 bits per heavy atom. The molecule has 3 aliphatic heterocycles. The lowest BCUT2D eigenvalue weighted by molar-refractivity contribution is -0.0562. The largest absolute Gasteiger partial charge is 0.497 e. The summed E-state index contributed by atoms with van der Waals surface area (Å²) in [6.45, 7) is 6.61. The fraction of sp³-hybridized carbons (Fsp3) is 0.444. The summed E-state index contributed by atoms with van der Waals surface area (Å²) in [5.41, 5.74) is 5.07. The summed E-state index contributed by atoms with van der Waals surface area (Å²) >= 11 is 0. The minimum Gasteiger partial charge on any atom is -0.497 e. The summed E-state index contributed by atoms with van der Waals surface area (Å²) in [6, 6.07) is 16.7. The van der Waals surface area contributed by atoms with Gasteiger partial charge in [-0.1, -0.05) is 37.1 Å². The lowest BCUT2D eigenvalue weighted by Crippen LogP contribution is -2.55. The van der Waals surface area contributed by atoms with Crippen molar-refractivity contribution in [2.45, 2.75) is 45.3 Å². The van der Waals surface area contributed by atoms with Gasteiger partial charge < -0.3 is 9.84 Å². The second kappa shape index (κ2) is 8.25. The molecule has 0 radical (unpaired) electrons. The van der Waals surface area contributed by atoms with Gasteiger partial charge in [0.2, 0.25) is 0 Å². The predicted octanol–water partition coefficient (Wildman–Crippen LogP) is 5.37. The van der Waals surface area contributed by atoms with Crippen molar-refractivity contribution < 1.29 is 9.84 Å². The molecular formula is C27H32N2O2. The summed E-state index contributed by atoms with van der Waals surface area (Å²) in [5, 5.41) is 12.7. The second-order valence-electron chi connectivity index (χ2n) is 9.31. The average Bonchev–Trinajstić information content (AvgIpc) is 2.82. The Kier molecular flexibility index (Phi) is 5.45. The maximum Gasteiger partial charge on any atom is 0.119 e. The first-order valence-corrected chi connectivity index (χ1v) is 11.5. The standard InChI is InChI=1S/C27H32N2O2/c1-4-18-16-29-11-10-19(18)13-26(29)27(30)23-15-25(20-7-5-6-17(2)12-20)28-24-9-8-21(31-3)14-22(23)24/h5-9,12,14-15,18-19,26-27,30H,4,10-11,13,16H2,1-3H3/t18-,19+,26-,27+/m0/s1. The second-order valence-corrected chi connectivity index (χ2v) is 9.31. The summed E-state index contributed by atoms with van der Waals surface area (Å²) in [7, 11) is 1.68. The minimum atomic E-state index is -0.540. The third-order valence-electron chi connectivity index (χ3n) is 7.51. The molecule has 1 N–H and O–H groups in total. The summed E-state index contributed by atoms with van der Waals surface area (Å²) in [6.07, 6.45) is 3.03. The molecule has 2 bridgehead atoms. The zero-order valence-corrected chi connectivity index (χ0v) is 18.7. The van der Waals surface area contributed by atoms with E-state index >= 15 is 0 Å². The molecule has 31 heavy (non-hydrogen) atoms. The Hall–Kier alpha value is -2.43. The highest BCUT2D eigenvalue weighted by Crippen LogP contribution is 2.43. The maximum absolute atomic E-state index is 11.7. The Morgan fingerprint density at radius 2 is 2.06 bits per heavy atom. The molecule has 1 unspecified atom stereocenters. The number of ether oxygens (including phenoxy) is 1. The number of aliphatic hydroxyl groups is 1. The normalized spacial score (nSPS) is 26.2. The van der Waals surface area contributed by atoms with Crippen LogP contribution in [0.2, 0.25) is 0 Å². The first kappa shape index (κ1) is 20.5. The van der Waals surface area contributed by atoms with Gasteiger partial charge >= 0.3 is 0 Å². The molecule has 3 aliphatic rings. The van der Waals surface area contributed by atoms with Gasteiger partial charge in [-0.15, -0.1) is 0 Å². The van der Waals surface area contributed by atoms with Crippen LogP contribution in [0.5, 0.6) is 5.75 Å². The smallest absolute Gasteiger partial charge is 0.119 e. The van der Waals surface area contributed by atoms with Crippen LogP contribution in [0.1, 0.15) is 43.4 Å². The summed E-state index contributed by atoms with van der Waals surface area (Å²) in [4.78, 5) is 7.47. The number of nitrogens with zero attached hydrogens (tertiary/aromatic N) is 2. The topological polar surface area (TPSA) is 45.6 Å². The van der Waals surface area contributed by atoms with Crippen LogP contribution in [0.15, 0.2) is 48.5 Å². The maximum atomic E-state index is 11.7. The van der Waals surface area contributed by atoms with Crippen LogP contribution in [0.25, 0.3) is 22.2 Å². The van der Waals surface area contributed by atoms with Gasteiger partial charge in [-0.05, 0) is 74.0 Å². The number of aliphatic hydroxyl groups excluding tert-OH is 1. The van der Waals surface area contributed by atoms with Crippen molar-refractivity contribution >= 4 is 10.9 Å². The molecule has 5 atom stereocenters. The molecule has 4 nitrogen and oxygen atoms in total. The average molecular weight is 417 g/mol. The number of aromatic nitrogens is 1. The van der Waals surface area contributed by atoms with E-state index in [1.54, 1.807) is 7.11 Å². The molecule has 0 saturated carbocycles. The van der Waals surface area contributed by atoms with E-state index in [4.69, 9.17) is 9.72 Å². The fourth-order valence-corrected chi connectivity index (χ4v) is 5.73. The minimum absolute atomic E-state index is 0.170. The molecule has 0 aliphatic carbocycles. The number of methoxy groups -OCH3 is 1. The van der Waals surface area contributed by atoms with E-state index in [1.165, 1.54) is 18.4 Å². The van der Waals surface area contributed by atoms with Gasteiger partial charge in [0.05, 0.1) is 24.4 Å². The number of benzene rings is 2. The lowest BCUT2D eigenvalue weighted by Gasteiger charge is -2.51. The van der Waals surface area contributed by atoms with E-state index in [0.29, 0.717) is 0 Å². The Labute approximate surface area is 184 Å².